The fraction of sp³-hybridized carbons (Fsp3) is 0.944. The maximum Gasteiger partial charge on any atom is 0.410 e. The van der Waals surface area contributed by atoms with Crippen LogP contribution in [0, 0.1) is 5.41 Å². The third-order valence-electron chi connectivity index (χ3n) is 4.28. The molecule has 5 heteroatoms. The van der Waals surface area contributed by atoms with Crippen LogP contribution in [-0.4, -0.2) is 53.5 Å². The summed E-state index contributed by atoms with van der Waals surface area (Å²) in [6.45, 7) is 14.0. The van der Waals surface area contributed by atoms with Gasteiger partial charge in [0.1, 0.15) is 5.60 Å². The quantitative estimate of drug-likeness (QED) is 0.832. The zero-order valence-electron chi connectivity index (χ0n) is 15.8. The number of amides is 1. The van der Waals surface area contributed by atoms with E-state index in [1.54, 1.807) is 0 Å². The van der Waals surface area contributed by atoms with Crippen LogP contribution >= 0.6 is 0 Å². The summed E-state index contributed by atoms with van der Waals surface area (Å²) in [4.78, 5) is 14.0. The van der Waals surface area contributed by atoms with E-state index in [0.717, 1.165) is 38.8 Å². The second kappa shape index (κ2) is 8.34. The van der Waals surface area contributed by atoms with Gasteiger partial charge in [0.2, 0.25) is 0 Å². The summed E-state index contributed by atoms with van der Waals surface area (Å²) in [5, 5.41) is 13.0. The highest BCUT2D eigenvalue weighted by atomic mass is 16.6. The van der Waals surface area contributed by atoms with E-state index in [1.807, 2.05) is 25.7 Å². The third kappa shape index (κ3) is 7.53. The largest absolute Gasteiger partial charge is 0.444 e. The molecule has 0 aromatic heterocycles. The van der Waals surface area contributed by atoms with Gasteiger partial charge >= 0.3 is 6.09 Å². The average Bonchev–Trinajstić information content (AvgIpc) is 2.60. The number of nitrogens with one attached hydrogen (secondary N) is 1. The van der Waals surface area contributed by atoms with E-state index < -0.39 is 5.60 Å². The fourth-order valence-electron chi connectivity index (χ4n) is 2.95. The molecule has 0 saturated carbocycles. The Morgan fingerprint density at radius 1 is 1.22 bits per heavy atom. The topological polar surface area (TPSA) is 61.8 Å². The van der Waals surface area contributed by atoms with Crippen LogP contribution in [0.3, 0.4) is 0 Å². The molecule has 1 aliphatic rings. The molecule has 2 atom stereocenters. The van der Waals surface area contributed by atoms with E-state index in [9.17, 15) is 9.90 Å². The molecule has 0 aromatic carbocycles. The van der Waals surface area contributed by atoms with E-state index >= 15 is 0 Å². The Hall–Kier alpha value is -0.810. The third-order valence-corrected chi connectivity index (χ3v) is 4.28. The minimum atomic E-state index is -0.445. The van der Waals surface area contributed by atoms with E-state index in [0.29, 0.717) is 6.04 Å². The zero-order chi connectivity index (χ0) is 17.7. The molecule has 0 bridgehead atoms. The van der Waals surface area contributed by atoms with Crippen molar-refractivity contribution >= 4 is 6.09 Å². The number of nitrogens with zero attached hydrogens (tertiary/aromatic N) is 1. The van der Waals surface area contributed by atoms with Crippen molar-refractivity contribution < 1.29 is 14.6 Å². The predicted octanol–water partition coefficient (Wildman–Crippen LogP) is 3.16. The maximum absolute atomic E-state index is 12.2. The van der Waals surface area contributed by atoms with Crippen molar-refractivity contribution in [2.24, 2.45) is 5.41 Å². The van der Waals surface area contributed by atoms with Gasteiger partial charge in [0, 0.05) is 31.8 Å². The summed E-state index contributed by atoms with van der Waals surface area (Å²) in [6, 6.07) is 0.670. The van der Waals surface area contributed by atoms with Gasteiger partial charge in [0.05, 0.1) is 0 Å². The van der Waals surface area contributed by atoms with Crippen molar-refractivity contribution in [1.82, 2.24) is 10.2 Å². The van der Waals surface area contributed by atoms with Crippen LogP contribution < -0.4 is 5.32 Å². The first-order valence-corrected chi connectivity index (χ1v) is 8.88. The molecule has 1 aliphatic heterocycles. The smallest absolute Gasteiger partial charge is 0.410 e. The molecule has 1 saturated heterocycles. The monoisotopic (exact) mass is 328 g/mol. The number of carbonyl (C=O) groups excluding carboxylic acids is 1. The molecular weight excluding hydrogens is 292 g/mol. The number of ether oxygens (including phenoxy) is 1. The second-order valence-electron chi connectivity index (χ2n) is 8.69. The molecule has 1 heterocycles. The van der Waals surface area contributed by atoms with Crippen LogP contribution in [0.1, 0.15) is 67.2 Å². The van der Waals surface area contributed by atoms with E-state index in [1.165, 1.54) is 0 Å². The van der Waals surface area contributed by atoms with E-state index in [4.69, 9.17) is 4.74 Å². The Labute approximate surface area is 141 Å². The van der Waals surface area contributed by atoms with Gasteiger partial charge in [0.25, 0.3) is 0 Å². The van der Waals surface area contributed by atoms with Crippen LogP contribution in [0.4, 0.5) is 4.79 Å². The van der Waals surface area contributed by atoms with Crippen molar-refractivity contribution in [3.8, 4) is 0 Å². The number of aliphatic hydroxyl groups is 1. The van der Waals surface area contributed by atoms with Crippen molar-refractivity contribution in [2.75, 3.05) is 19.7 Å². The van der Waals surface area contributed by atoms with Gasteiger partial charge in [-0.3, -0.25) is 0 Å². The van der Waals surface area contributed by atoms with Gasteiger partial charge in [-0.05, 0) is 51.9 Å². The maximum atomic E-state index is 12.2. The molecule has 2 unspecified atom stereocenters. The Morgan fingerprint density at radius 2 is 1.87 bits per heavy atom. The Kier molecular flexibility index (Phi) is 7.33. The van der Waals surface area contributed by atoms with Crippen LogP contribution in [0.15, 0.2) is 0 Å². The van der Waals surface area contributed by atoms with Crippen LogP contribution in [0.25, 0.3) is 0 Å². The highest BCUT2D eigenvalue weighted by molar-refractivity contribution is 5.68. The summed E-state index contributed by atoms with van der Waals surface area (Å²) in [5.41, 5.74) is -0.334. The first-order chi connectivity index (χ1) is 10.5. The number of hydrogen-bond donors (Lipinski definition) is 2. The van der Waals surface area contributed by atoms with Gasteiger partial charge < -0.3 is 20.1 Å². The predicted molar refractivity (Wildman–Crippen MR) is 93.5 cm³/mol. The van der Waals surface area contributed by atoms with Crippen LogP contribution in [0.5, 0.6) is 0 Å². The highest BCUT2D eigenvalue weighted by Gasteiger charge is 2.29. The Bertz CT molecular complexity index is 371. The van der Waals surface area contributed by atoms with Gasteiger partial charge in [-0.25, -0.2) is 4.79 Å². The number of aliphatic hydroxyl groups excluding tert-OH is 1. The summed E-state index contributed by atoms with van der Waals surface area (Å²) >= 11 is 0. The van der Waals surface area contributed by atoms with Crippen LogP contribution in [-0.2, 0) is 4.74 Å². The van der Waals surface area contributed by atoms with Crippen molar-refractivity contribution in [1.29, 1.82) is 0 Å². The number of carbonyl (C=O) groups is 1. The molecule has 2 N–H and O–H groups in total. The van der Waals surface area contributed by atoms with Gasteiger partial charge in [-0.1, -0.05) is 20.8 Å². The molecule has 0 radical (unpaired) electrons. The minimum absolute atomic E-state index is 0.111. The standard InChI is InChI=1S/C18H36N2O3/c1-17(2,3)15(10-13-21)19-14-8-7-11-20(12-9-14)16(22)23-18(4,5)6/h14-15,19,21H,7-13H2,1-6H3. The normalized spacial score (nSPS) is 21.7. The fourth-order valence-corrected chi connectivity index (χ4v) is 2.95. The van der Waals surface area contributed by atoms with Crippen molar-refractivity contribution in [3.05, 3.63) is 0 Å². The molecule has 1 amide bonds. The summed E-state index contributed by atoms with van der Waals surface area (Å²) in [7, 11) is 0. The Balaban J connectivity index is 2.56. The molecule has 5 nitrogen and oxygen atoms in total. The summed E-state index contributed by atoms with van der Waals surface area (Å²) in [6.07, 6.45) is 3.51. The van der Waals surface area contributed by atoms with Crippen molar-refractivity contribution in [3.63, 3.8) is 0 Å². The molecule has 1 fully saturated rings. The van der Waals surface area contributed by atoms with Crippen molar-refractivity contribution in [2.45, 2.75) is 84.9 Å². The first-order valence-electron chi connectivity index (χ1n) is 8.88. The molecule has 0 spiro atoms. The lowest BCUT2D eigenvalue weighted by Gasteiger charge is -2.34. The number of hydrogen-bond acceptors (Lipinski definition) is 4. The summed E-state index contributed by atoms with van der Waals surface area (Å²) in [5.74, 6) is 0. The molecule has 136 valence electrons. The average molecular weight is 328 g/mol. The highest BCUT2D eigenvalue weighted by Crippen LogP contribution is 2.24. The lowest BCUT2D eigenvalue weighted by molar-refractivity contribution is 0.0255. The molecule has 0 aliphatic carbocycles. The van der Waals surface area contributed by atoms with Gasteiger partial charge in [0.15, 0.2) is 0 Å². The van der Waals surface area contributed by atoms with Gasteiger partial charge in [-0.2, -0.15) is 0 Å². The molecule has 0 aromatic rings. The lowest BCUT2D eigenvalue weighted by Crippen LogP contribution is -2.46. The number of rotatable bonds is 4. The van der Waals surface area contributed by atoms with Crippen LogP contribution in [0.2, 0.25) is 0 Å². The van der Waals surface area contributed by atoms with E-state index in [2.05, 4.69) is 26.1 Å². The first kappa shape index (κ1) is 20.2. The van der Waals surface area contributed by atoms with Gasteiger partial charge in [-0.15, -0.1) is 0 Å². The molecule has 23 heavy (non-hydrogen) atoms. The van der Waals surface area contributed by atoms with E-state index in [-0.39, 0.29) is 24.2 Å². The zero-order valence-corrected chi connectivity index (χ0v) is 15.8. The summed E-state index contributed by atoms with van der Waals surface area (Å²) < 4.78 is 5.48. The lowest BCUT2D eigenvalue weighted by atomic mass is 9.84. The second-order valence-corrected chi connectivity index (χ2v) is 8.69. The SMILES string of the molecule is CC(C)(C)OC(=O)N1CCCC(NC(CCO)C(C)(C)C)CC1. The number of likely N-dealkylation sites (tertiary alicyclic amines) is 1. The Morgan fingerprint density at radius 3 is 2.39 bits per heavy atom. The molecule has 1 rings (SSSR count). The molecular formula is C18H36N2O3. The minimum Gasteiger partial charge on any atom is -0.444 e.